The van der Waals surface area contributed by atoms with Gasteiger partial charge >= 0.3 is 0 Å². The Balaban J connectivity index is 1.72. The largest absolute Gasteiger partial charge is 0.352 e. The summed E-state index contributed by atoms with van der Waals surface area (Å²) >= 11 is 0. The highest BCUT2D eigenvalue weighted by Crippen LogP contribution is 2.34. The summed E-state index contributed by atoms with van der Waals surface area (Å²) in [5, 5.41) is 3.21. The molecule has 2 bridgehead atoms. The zero-order valence-corrected chi connectivity index (χ0v) is 13.9. The lowest BCUT2D eigenvalue weighted by Gasteiger charge is -2.38. The molecule has 4 nitrogen and oxygen atoms in total. The molecule has 2 unspecified atom stereocenters. The van der Waals surface area contributed by atoms with E-state index in [1.165, 1.54) is 25.0 Å². The van der Waals surface area contributed by atoms with Gasteiger partial charge in [-0.15, -0.1) is 0 Å². The van der Waals surface area contributed by atoms with E-state index in [0.29, 0.717) is 12.1 Å². The summed E-state index contributed by atoms with van der Waals surface area (Å²) in [7, 11) is 2.18. The zero-order chi connectivity index (χ0) is 16.6. The van der Waals surface area contributed by atoms with Gasteiger partial charge in [-0.1, -0.05) is 12.1 Å². The van der Waals surface area contributed by atoms with Gasteiger partial charge in [0, 0.05) is 24.7 Å². The van der Waals surface area contributed by atoms with Gasteiger partial charge in [0.2, 0.25) is 5.91 Å². The number of nitrogens with zero attached hydrogens (tertiary/aromatic N) is 1. The molecule has 0 saturated carbocycles. The molecule has 5 heteroatoms. The molecule has 0 aliphatic carbocycles. The fourth-order valence-electron chi connectivity index (χ4n) is 4.03. The number of benzene rings is 1. The lowest BCUT2D eigenvalue weighted by atomic mass is 9.81. The molecule has 2 aliphatic rings. The van der Waals surface area contributed by atoms with Crippen molar-refractivity contribution in [3.8, 4) is 0 Å². The van der Waals surface area contributed by atoms with Crippen LogP contribution in [0.3, 0.4) is 0 Å². The van der Waals surface area contributed by atoms with Crippen molar-refractivity contribution in [1.29, 1.82) is 0 Å². The Kier molecular flexibility index (Phi) is 4.43. The highest BCUT2D eigenvalue weighted by Gasteiger charge is 2.41. The third-order valence-corrected chi connectivity index (χ3v) is 5.82. The summed E-state index contributed by atoms with van der Waals surface area (Å²) in [4.78, 5) is 15.3. The number of halogens is 1. The summed E-state index contributed by atoms with van der Waals surface area (Å²) in [5.74, 6) is -0.360. The Morgan fingerprint density at radius 1 is 1.30 bits per heavy atom. The van der Waals surface area contributed by atoms with Crippen LogP contribution in [0.5, 0.6) is 0 Å². The van der Waals surface area contributed by atoms with Crippen LogP contribution in [0, 0.1) is 5.82 Å². The number of nitrogens with one attached hydrogen (secondary N) is 1. The first-order valence-electron chi connectivity index (χ1n) is 8.43. The van der Waals surface area contributed by atoms with Crippen LogP contribution in [-0.2, 0) is 10.2 Å². The van der Waals surface area contributed by atoms with Gasteiger partial charge in [-0.3, -0.25) is 4.79 Å². The second-order valence-electron chi connectivity index (χ2n) is 7.24. The fraction of sp³-hybridized carbons (Fsp3) is 0.611. The molecule has 0 radical (unpaired) electrons. The monoisotopic (exact) mass is 319 g/mol. The summed E-state index contributed by atoms with van der Waals surface area (Å²) in [6.07, 6.45) is 4.45. The molecule has 0 spiro atoms. The number of amides is 1. The van der Waals surface area contributed by atoms with Gasteiger partial charge < -0.3 is 16.0 Å². The number of fused-ring (bicyclic) bond motifs is 2. The molecule has 1 aromatic rings. The van der Waals surface area contributed by atoms with Crippen molar-refractivity contribution in [2.24, 2.45) is 5.73 Å². The van der Waals surface area contributed by atoms with Gasteiger partial charge in [0.1, 0.15) is 5.82 Å². The van der Waals surface area contributed by atoms with Crippen LogP contribution in [0.2, 0.25) is 0 Å². The molecular formula is C18H26FN3O. The summed E-state index contributed by atoms with van der Waals surface area (Å²) in [6.45, 7) is 2.03. The second kappa shape index (κ2) is 6.21. The van der Waals surface area contributed by atoms with E-state index in [4.69, 9.17) is 5.73 Å². The normalized spacial score (nSPS) is 30.0. The third kappa shape index (κ3) is 3.00. The highest BCUT2D eigenvalue weighted by molar-refractivity contribution is 5.88. The maximum Gasteiger partial charge on any atom is 0.231 e. The van der Waals surface area contributed by atoms with Gasteiger partial charge in [-0.25, -0.2) is 4.39 Å². The first-order valence-corrected chi connectivity index (χ1v) is 8.43. The molecule has 23 heavy (non-hydrogen) atoms. The third-order valence-electron chi connectivity index (χ3n) is 5.82. The van der Waals surface area contributed by atoms with Crippen LogP contribution in [0.15, 0.2) is 24.3 Å². The Hall–Kier alpha value is -1.46. The Labute approximate surface area is 137 Å². The number of hydrogen-bond donors (Lipinski definition) is 2. The fourth-order valence-corrected chi connectivity index (χ4v) is 4.03. The van der Waals surface area contributed by atoms with Crippen LogP contribution in [-0.4, -0.2) is 42.5 Å². The number of nitrogens with two attached hydrogens (primary N) is 1. The lowest BCUT2D eigenvalue weighted by Crippen LogP contribution is -2.54. The number of hydrogen-bond acceptors (Lipinski definition) is 3. The van der Waals surface area contributed by atoms with E-state index < -0.39 is 5.41 Å². The molecule has 3 N–H and O–H groups in total. The van der Waals surface area contributed by atoms with Crippen molar-refractivity contribution in [2.75, 3.05) is 13.6 Å². The van der Waals surface area contributed by atoms with Gasteiger partial charge in [0.05, 0.1) is 5.41 Å². The van der Waals surface area contributed by atoms with Crippen LogP contribution >= 0.6 is 0 Å². The molecule has 1 amide bonds. The minimum atomic E-state index is -0.823. The molecular weight excluding hydrogens is 293 g/mol. The molecule has 3 atom stereocenters. The molecule has 1 aromatic carbocycles. The maximum absolute atomic E-state index is 13.1. The van der Waals surface area contributed by atoms with E-state index in [0.717, 1.165) is 18.4 Å². The smallest absolute Gasteiger partial charge is 0.231 e. The zero-order valence-electron chi connectivity index (χ0n) is 13.9. The quantitative estimate of drug-likeness (QED) is 0.889. The molecule has 0 aromatic heterocycles. The van der Waals surface area contributed by atoms with E-state index in [2.05, 4.69) is 17.3 Å². The van der Waals surface area contributed by atoms with E-state index >= 15 is 0 Å². The van der Waals surface area contributed by atoms with E-state index in [1.807, 2.05) is 6.92 Å². The first kappa shape index (κ1) is 16.4. The highest BCUT2D eigenvalue weighted by atomic mass is 19.1. The Morgan fingerprint density at radius 2 is 1.87 bits per heavy atom. The Bertz CT molecular complexity index is 562. The average molecular weight is 319 g/mol. The SMILES string of the molecule is CN1C2CCC1CC(NC(=O)[C@](C)(CN)c1ccc(F)cc1)C2. The van der Waals surface area contributed by atoms with Crippen molar-refractivity contribution in [2.45, 2.75) is 56.1 Å². The number of piperidine rings is 1. The minimum Gasteiger partial charge on any atom is -0.352 e. The summed E-state index contributed by atoms with van der Waals surface area (Å²) in [5.41, 5.74) is 5.85. The van der Waals surface area contributed by atoms with Gasteiger partial charge in [0.15, 0.2) is 0 Å². The predicted octanol–water partition coefficient (Wildman–Crippen LogP) is 1.78. The van der Waals surface area contributed by atoms with Crippen LogP contribution in [0.1, 0.15) is 38.2 Å². The molecule has 2 aliphatic heterocycles. The number of rotatable bonds is 4. The average Bonchev–Trinajstić information content (AvgIpc) is 2.76. The molecule has 3 rings (SSSR count). The van der Waals surface area contributed by atoms with Gasteiger partial charge in [-0.2, -0.15) is 0 Å². The Morgan fingerprint density at radius 3 is 2.39 bits per heavy atom. The molecule has 2 fully saturated rings. The van der Waals surface area contributed by atoms with Crippen molar-refractivity contribution in [3.05, 3.63) is 35.6 Å². The summed E-state index contributed by atoms with van der Waals surface area (Å²) < 4.78 is 13.1. The van der Waals surface area contributed by atoms with Gasteiger partial charge in [0.25, 0.3) is 0 Å². The lowest BCUT2D eigenvalue weighted by molar-refractivity contribution is -0.127. The second-order valence-corrected chi connectivity index (χ2v) is 7.24. The standard InChI is InChI=1S/C18H26FN3O/c1-18(11-20,12-3-5-13(19)6-4-12)17(23)21-14-9-15-7-8-16(10-14)22(15)2/h3-6,14-16H,7-11,20H2,1-2H3,(H,21,23)/t14?,15?,16?,18-/m1/s1. The number of carbonyl (C=O) groups excluding carboxylic acids is 1. The van der Waals surface area contributed by atoms with Crippen molar-refractivity contribution < 1.29 is 9.18 Å². The first-order chi connectivity index (χ1) is 10.9. The van der Waals surface area contributed by atoms with Crippen molar-refractivity contribution in [3.63, 3.8) is 0 Å². The topological polar surface area (TPSA) is 58.4 Å². The van der Waals surface area contributed by atoms with Crippen molar-refractivity contribution in [1.82, 2.24) is 10.2 Å². The minimum absolute atomic E-state index is 0.0550. The molecule has 2 heterocycles. The van der Waals surface area contributed by atoms with Crippen molar-refractivity contribution >= 4 is 5.91 Å². The van der Waals surface area contributed by atoms with Crippen LogP contribution < -0.4 is 11.1 Å². The van der Waals surface area contributed by atoms with Crippen LogP contribution in [0.25, 0.3) is 0 Å². The van der Waals surface area contributed by atoms with E-state index in [9.17, 15) is 9.18 Å². The summed E-state index contributed by atoms with van der Waals surface area (Å²) in [6, 6.07) is 7.43. The number of carbonyl (C=O) groups is 1. The molecule has 126 valence electrons. The van der Waals surface area contributed by atoms with Crippen LogP contribution in [0.4, 0.5) is 4.39 Å². The van der Waals surface area contributed by atoms with E-state index in [1.54, 1.807) is 12.1 Å². The molecule has 2 saturated heterocycles. The van der Waals surface area contributed by atoms with E-state index in [-0.39, 0.29) is 24.3 Å². The van der Waals surface area contributed by atoms with Gasteiger partial charge in [-0.05, 0) is 57.4 Å². The predicted molar refractivity (Wildman–Crippen MR) is 88.5 cm³/mol. The maximum atomic E-state index is 13.1.